The van der Waals surface area contributed by atoms with E-state index in [2.05, 4.69) is 39.6 Å². The fourth-order valence-electron chi connectivity index (χ4n) is 2.76. The molecule has 0 N–H and O–H groups in total. The van der Waals surface area contributed by atoms with Crippen molar-refractivity contribution in [1.82, 2.24) is 4.90 Å². The van der Waals surface area contributed by atoms with Crippen LogP contribution in [0.4, 0.5) is 0 Å². The number of likely N-dealkylation sites (tertiary alicyclic amines) is 1. The highest BCUT2D eigenvalue weighted by atomic mass is 28.4. The normalized spacial score (nSPS) is 26.7. The molecule has 0 spiro atoms. The Balaban J connectivity index is 2.78. The topological polar surface area (TPSA) is 40.2 Å². The second-order valence-electron chi connectivity index (χ2n) is 6.59. The number of rotatable bonds is 6. The molecule has 0 saturated carbocycles. The van der Waals surface area contributed by atoms with Crippen LogP contribution in [0.3, 0.4) is 0 Å². The van der Waals surface area contributed by atoms with Crippen molar-refractivity contribution in [1.29, 1.82) is 0 Å². The quantitative estimate of drug-likeness (QED) is 0.701. The summed E-state index contributed by atoms with van der Waals surface area (Å²) in [5.41, 5.74) is 0.114. The molecule has 0 aromatic heterocycles. The summed E-state index contributed by atoms with van der Waals surface area (Å²) >= 11 is 0. The van der Waals surface area contributed by atoms with Gasteiger partial charge in [-0.25, -0.2) is 0 Å². The van der Waals surface area contributed by atoms with Gasteiger partial charge in [-0.2, -0.15) is 0 Å². The fourth-order valence-corrected chi connectivity index (χ4v) is 4.02. The minimum absolute atomic E-state index is 0.0371. The Morgan fingerprint density at radius 3 is 2.00 bits per heavy atom. The van der Waals surface area contributed by atoms with Crippen molar-refractivity contribution >= 4 is 8.80 Å². The van der Waals surface area contributed by atoms with Gasteiger partial charge in [0.2, 0.25) is 0 Å². The molecule has 0 bridgehead atoms. The van der Waals surface area contributed by atoms with Gasteiger partial charge < -0.3 is 22.9 Å². The largest absolute Gasteiger partial charge is 0.527 e. The average Bonchev–Trinajstić information content (AvgIpc) is 2.41. The van der Waals surface area contributed by atoms with E-state index in [0.29, 0.717) is 6.23 Å². The summed E-state index contributed by atoms with van der Waals surface area (Å²) in [5.74, 6) is 0. The summed E-state index contributed by atoms with van der Waals surface area (Å²) in [6.07, 6.45) is 1.57. The smallest absolute Gasteiger partial charge is 0.375 e. The van der Waals surface area contributed by atoms with Gasteiger partial charge in [-0.1, -0.05) is 13.8 Å². The Morgan fingerprint density at radius 2 is 1.55 bits per heavy atom. The third kappa shape index (κ3) is 3.10. The maximum absolute atomic E-state index is 6.18. The van der Waals surface area contributed by atoms with E-state index in [9.17, 15) is 0 Å². The van der Waals surface area contributed by atoms with Crippen molar-refractivity contribution in [2.24, 2.45) is 5.41 Å². The molecule has 6 heteroatoms. The molecule has 0 amide bonds. The summed E-state index contributed by atoms with van der Waals surface area (Å²) in [4.78, 5) is 2.40. The van der Waals surface area contributed by atoms with Crippen molar-refractivity contribution in [3.8, 4) is 0 Å². The van der Waals surface area contributed by atoms with Crippen LogP contribution in [-0.2, 0) is 18.0 Å². The summed E-state index contributed by atoms with van der Waals surface area (Å²) in [6, 6.07) is 0. The Bertz CT molecular complexity index is 310. The molecule has 0 aromatic carbocycles. The van der Waals surface area contributed by atoms with Crippen LogP contribution in [-0.4, -0.2) is 66.5 Å². The van der Waals surface area contributed by atoms with E-state index in [-0.39, 0.29) is 17.1 Å². The van der Waals surface area contributed by atoms with Gasteiger partial charge >= 0.3 is 8.80 Å². The van der Waals surface area contributed by atoms with Gasteiger partial charge in [-0.3, -0.25) is 0 Å². The van der Waals surface area contributed by atoms with Crippen LogP contribution in [0.25, 0.3) is 0 Å². The van der Waals surface area contributed by atoms with Crippen LogP contribution < -0.4 is 0 Å². The molecule has 1 heterocycles. The molecule has 1 saturated heterocycles. The molecule has 1 rings (SSSR count). The molecule has 0 aliphatic carbocycles. The van der Waals surface area contributed by atoms with Gasteiger partial charge in [0.05, 0.1) is 6.10 Å². The van der Waals surface area contributed by atoms with Crippen LogP contribution in [0.1, 0.15) is 34.1 Å². The highest BCUT2D eigenvalue weighted by Gasteiger charge is 2.50. The number of piperidine rings is 1. The van der Waals surface area contributed by atoms with E-state index in [0.717, 1.165) is 13.0 Å². The molecular weight excluding hydrogens is 274 g/mol. The molecule has 0 aromatic rings. The molecule has 0 radical (unpaired) electrons. The monoisotopic (exact) mass is 305 g/mol. The van der Waals surface area contributed by atoms with E-state index in [4.69, 9.17) is 18.0 Å². The lowest BCUT2D eigenvalue weighted by Gasteiger charge is -2.55. The number of hydrogen-bond acceptors (Lipinski definition) is 5. The SMILES string of the molecule is CO[Si](COC1CCN(C)C(C)(C)C1(C)C)(OC)OC. The lowest BCUT2D eigenvalue weighted by atomic mass is 9.66. The third-order valence-corrected chi connectivity index (χ3v) is 7.84. The maximum Gasteiger partial charge on any atom is 0.527 e. The van der Waals surface area contributed by atoms with E-state index in [1.165, 1.54) is 0 Å². The number of hydrogen-bond donors (Lipinski definition) is 0. The second-order valence-corrected chi connectivity index (χ2v) is 9.47. The highest BCUT2D eigenvalue weighted by molar-refractivity contribution is 6.60. The fraction of sp³-hybridized carbons (Fsp3) is 1.00. The molecule has 1 unspecified atom stereocenters. The van der Waals surface area contributed by atoms with E-state index in [1.807, 2.05) is 0 Å². The summed E-state index contributed by atoms with van der Waals surface area (Å²) in [7, 11) is 4.37. The molecule has 20 heavy (non-hydrogen) atoms. The Kier molecular flexibility index (Phi) is 5.80. The van der Waals surface area contributed by atoms with Crippen LogP contribution in [0, 0.1) is 5.41 Å². The zero-order valence-corrected chi connectivity index (χ0v) is 15.3. The summed E-state index contributed by atoms with van der Waals surface area (Å²) in [5, 5.41) is 0. The molecular formula is C14H31NO4Si. The zero-order chi connectivity index (χ0) is 15.6. The van der Waals surface area contributed by atoms with E-state index < -0.39 is 8.80 Å². The first-order chi connectivity index (χ1) is 9.16. The van der Waals surface area contributed by atoms with Crippen LogP contribution >= 0.6 is 0 Å². The number of ether oxygens (including phenoxy) is 1. The van der Waals surface area contributed by atoms with Gasteiger partial charge in [-0.05, 0) is 27.3 Å². The average molecular weight is 305 g/mol. The molecule has 1 aliphatic heterocycles. The van der Waals surface area contributed by atoms with Crippen LogP contribution in [0.15, 0.2) is 0 Å². The van der Waals surface area contributed by atoms with Crippen molar-refractivity contribution in [3.63, 3.8) is 0 Å². The lowest BCUT2D eigenvalue weighted by molar-refractivity contribution is -0.131. The lowest BCUT2D eigenvalue weighted by Crippen LogP contribution is -2.63. The highest BCUT2D eigenvalue weighted by Crippen LogP contribution is 2.44. The second kappa shape index (κ2) is 6.42. The van der Waals surface area contributed by atoms with Crippen molar-refractivity contribution in [3.05, 3.63) is 0 Å². The summed E-state index contributed by atoms with van der Waals surface area (Å²) < 4.78 is 22.5. The Morgan fingerprint density at radius 1 is 1.05 bits per heavy atom. The molecule has 120 valence electrons. The molecule has 5 nitrogen and oxygen atoms in total. The van der Waals surface area contributed by atoms with Gasteiger partial charge in [-0.15, -0.1) is 0 Å². The van der Waals surface area contributed by atoms with Crippen LogP contribution in [0.5, 0.6) is 0 Å². The first-order valence-electron chi connectivity index (χ1n) is 7.15. The van der Waals surface area contributed by atoms with Gasteiger partial charge in [0, 0.05) is 38.8 Å². The third-order valence-electron chi connectivity index (χ3n) is 5.46. The first kappa shape index (κ1) is 18.1. The molecule has 1 atom stereocenters. The standard InChI is InChI=1S/C14H31NO4Si/c1-13(2)12(9-10-15(5)14(13,3)4)19-11-20(16-6,17-7)18-8/h12H,9-11H2,1-8H3. The minimum atomic E-state index is -2.66. The predicted molar refractivity (Wildman–Crippen MR) is 81.6 cm³/mol. The zero-order valence-electron chi connectivity index (χ0n) is 14.3. The minimum Gasteiger partial charge on any atom is -0.375 e. The molecule has 1 fully saturated rings. The van der Waals surface area contributed by atoms with E-state index in [1.54, 1.807) is 21.3 Å². The number of nitrogens with zero attached hydrogens (tertiary/aromatic N) is 1. The molecule has 1 aliphatic rings. The van der Waals surface area contributed by atoms with Gasteiger partial charge in [0.25, 0.3) is 0 Å². The maximum atomic E-state index is 6.18. The Hall–Kier alpha value is 0.0169. The van der Waals surface area contributed by atoms with Gasteiger partial charge in [0.1, 0.15) is 6.23 Å². The van der Waals surface area contributed by atoms with E-state index >= 15 is 0 Å². The van der Waals surface area contributed by atoms with Crippen molar-refractivity contribution < 1.29 is 18.0 Å². The summed E-state index contributed by atoms with van der Waals surface area (Å²) in [6.45, 7) is 10.1. The van der Waals surface area contributed by atoms with Crippen molar-refractivity contribution in [2.75, 3.05) is 41.2 Å². The Labute approximate surface area is 124 Å². The first-order valence-corrected chi connectivity index (χ1v) is 9.08. The van der Waals surface area contributed by atoms with Gasteiger partial charge in [0.15, 0.2) is 0 Å². The van der Waals surface area contributed by atoms with Crippen molar-refractivity contribution in [2.45, 2.75) is 45.8 Å². The predicted octanol–water partition coefficient (Wildman–Crippen LogP) is 1.93. The van der Waals surface area contributed by atoms with Crippen LogP contribution in [0.2, 0.25) is 0 Å².